The van der Waals surface area contributed by atoms with Gasteiger partial charge in [0.1, 0.15) is 0 Å². The average molecular weight is 262 g/mol. The first-order chi connectivity index (χ1) is 9.28. The molecule has 1 aliphatic heterocycles. The number of rotatable bonds is 4. The van der Waals surface area contributed by atoms with Crippen LogP contribution in [0.15, 0.2) is 12.4 Å². The smallest absolute Gasteiger partial charge is 0.171 e. The van der Waals surface area contributed by atoms with Crippen LogP contribution in [0.5, 0.6) is 0 Å². The summed E-state index contributed by atoms with van der Waals surface area (Å²) < 4.78 is 6.05. The van der Waals surface area contributed by atoms with E-state index < -0.39 is 0 Å². The standard InChI is InChI=1S/C14H22N4O/c1-3-15-13-14(17-7-6-16-13)18-8-10(2)19-12(9-18)11-4-5-11/h6-7,10-12H,3-5,8-9H2,1-2H3,(H,15,16)/t10-,12+/m1/s1. The third kappa shape index (κ3) is 2.81. The molecule has 1 saturated carbocycles. The van der Waals surface area contributed by atoms with Crippen LogP contribution in [0, 0.1) is 5.92 Å². The normalized spacial score (nSPS) is 27.4. The van der Waals surface area contributed by atoms with E-state index in [1.807, 2.05) is 0 Å². The second kappa shape index (κ2) is 5.33. The number of anilines is 2. The molecule has 0 bridgehead atoms. The highest BCUT2D eigenvalue weighted by Crippen LogP contribution is 2.37. The summed E-state index contributed by atoms with van der Waals surface area (Å²) in [7, 11) is 0. The van der Waals surface area contributed by atoms with Crippen LogP contribution in [0.25, 0.3) is 0 Å². The molecular weight excluding hydrogens is 240 g/mol. The summed E-state index contributed by atoms with van der Waals surface area (Å²) in [5.41, 5.74) is 0. The summed E-state index contributed by atoms with van der Waals surface area (Å²) in [6, 6.07) is 0. The van der Waals surface area contributed by atoms with E-state index in [0.717, 1.165) is 37.2 Å². The minimum Gasteiger partial charge on any atom is -0.371 e. The van der Waals surface area contributed by atoms with Gasteiger partial charge in [0.05, 0.1) is 12.2 Å². The number of aromatic nitrogens is 2. The van der Waals surface area contributed by atoms with E-state index >= 15 is 0 Å². The summed E-state index contributed by atoms with van der Waals surface area (Å²) in [5.74, 6) is 2.60. The Morgan fingerprint density at radius 3 is 2.84 bits per heavy atom. The molecular formula is C14H22N4O. The summed E-state index contributed by atoms with van der Waals surface area (Å²) in [6.45, 7) is 6.91. The Morgan fingerprint density at radius 2 is 2.11 bits per heavy atom. The summed E-state index contributed by atoms with van der Waals surface area (Å²) in [4.78, 5) is 11.2. The van der Waals surface area contributed by atoms with E-state index in [9.17, 15) is 0 Å². The van der Waals surface area contributed by atoms with Crippen LogP contribution in [0.2, 0.25) is 0 Å². The van der Waals surface area contributed by atoms with Crippen molar-refractivity contribution < 1.29 is 4.74 Å². The van der Waals surface area contributed by atoms with Crippen LogP contribution in [0.3, 0.4) is 0 Å². The van der Waals surface area contributed by atoms with Crippen molar-refractivity contribution in [1.29, 1.82) is 0 Å². The lowest BCUT2D eigenvalue weighted by molar-refractivity contribution is -0.0273. The maximum atomic E-state index is 6.05. The first-order valence-electron chi connectivity index (χ1n) is 7.23. The molecule has 0 spiro atoms. The SMILES string of the molecule is CCNc1nccnc1N1C[C@@H](C)O[C@H](C2CC2)C1. The molecule has 3 rings (SSSR count). The van der Waals surface area contributed by atoms with Gasteiger partial charge in [0, 0.05) is 32.0 Å². The van der Waals surface area contributed by atoms with Gasteiger partial charge < -0.3 is 15.0 Å². The van der Waals surface area contributed by atoms with Crippen molar-refractivity contribution in [3.05, 3.63) is 12.4 Å². The molecule has 2 atom stereocenters. The van der Waals surface area contributed by atoms with E-state index in [0.29, 0.717) is 6.10 Å². The Morgan fingerprint density at radius 1 is 1.32 bits per heavy atom. The van der Waals surface area contributed by atoms with Gasteiger partial charge in [-0.25, -0.2) is 9.97 Å². The molecule has 5 nitrogen and oxygen atoms in total. The second-order valence-corrected chi connectivity index (χ2v) is 5.49. The number of morpholine rings is 1. The van der Waals surface area contributed by atoms with Crippen molar-refractivity contribution >= 4 is 11.6 Å². The highest BCUT2D eigenvalue weighted by molar-refractivity contribution is 5.60. The highest BCUT2D eigenvalue weighted by atomic mass is 16.5. The van der Waals surface area contributed by atoms with Crippen molar-refractivity contribution in [2.24, 2.45) is 5.92 Å². The second-order valence-electron chi connectivity index (χ2n) is 5.49. The third-order valence-electron chi connectivity index (χ3n) is 3.76. The van der Waals surface area contributed by atoms with E-state index in [-0.39, 0.29) is 6.10 Å². The molecule has 0 aromatic carbocycles. The van der Waals surface area contributed by atoms with Gasteiger partial charge in [0.15, 0.2) is 11.6 Å². The zero-order valence-corrected chi connectivity index (χ0v) is 11.7. The average Bonchev–Trinajstić information content (AvgIpc) is 3.23. The van der Waals surface area contributed by atoms with E-state index in [2.05, 4.69) is 34.0 Å². The molecule has 2 heterocycles. The molecule has 104 valence electrons. The molecule has 5 heteroatoms. The molecule has 1 aromatic rings. The molecule has 1 saturated heterocycles. The van der Waals surface area contributed by atoms with Crippen LogP contribution >= 0.6 is 0 Å². The van der Waals surface area contributed by atoms with E-state index in [1.54, 1.807) is 12.4 Å². The van der Waals surface area contributed by atoms with Gasteiger partial charge in [-0.1, -0.05) is 0 Å². The van der Waals surface area contributed by atoms with Gasteiger partial charge >= 0.3 is 0 Å². The third-order valence-corrected chi connectivity index (χ3v) is 3.76. The van der Waals surface area contributed by atoms with Crippen molar-refractivity contribution in [2.45, 2.75) is 38.9 Å². The largest absolute Gasteiger partial charge is 0.371 e. The number of nitrogens with one attached hydrogen (secondary N) is 1. The summed E-state index contributed by atoms with van der Waals surface area (Å²) in [5, 5.41) is 3.29. The van der Waals surface area contributed by atoms with Crippen LogP contribution < -0.4 is 10.2 Å². The maximum absolute atomic E-state index is 6.05. The predicted octanol–water partition coefficient (Wildman–Crippen LogP) is 1.91. The Labute approximate surface area is 114 Å². The monoisotopic (exact) mass is 262 g/mol. The van der Waals surface area contributed by atoms with Crippen molar-refractivity contribution in [2.75, 3.05) is 29.9 Å². The summed E-state index contributed by atoms with van der Waals surface area (Å²) in [6.07, 6.45) is 6.75. The van der Waals surface area contributed by atoms with Gasteiger partial charge in [0.25, 0.3) is 0 Å². The van der Waals surface area contributed by atoms with Gasteiger partial charge in [-0.05, 0) is 32.6 Å². The number of hydrogen-bond acceptors (Lipinski definition) is 5. The minimum atomic E-state index is 0.260. The molecule has 1 N–H and O–H groups in total. The molecule has 19 heavy (non-hydrogen) atoms. The molecule has 0 unspecified atom stereocenters. The fourth-order valence-corrected chi connectivity index (χ4v) is 2.74. The first-order valence-corrected chi connectivity index (χ1v) is 7.23. The quantitative estimate of drug-likeness (QED) is 0.898. The number of hydrogen-bond donors (Lipinski definition) is 1. The molecule has 1 aliphatic carbocycles. The van der Waals surface area contributed by atoms with Crippen LogP contribution in [0.4, 0.5) is 11.6 Å². The number of ether oxygens (including phenoxy) is 1. The Kier molecular flexibility index (Phi) is 3.55. The van der Waals surface area contributed by atoms with Gasteiger partial charge in [-0.2, -0.15) is 0 Å². The fraction of sp³-hybridized carbons (Fsp3) is 0.714. The molecule has 2 aliphatic rings. The highest BCUT2D eigenvalue weighted by Gasteiger charge is 2.38. The Balaban J connectivity index is 1.79. The van der Waals surface area contributed by atoms with Gasteiger partial charge in [-0.3, -0.25) is 0 Å². The zero-order chi connectivity index (χ0) is 13.2. The fourth-order valence-electron chi connectivity index (χ4n) is 2.74. The molecule has 0 radical (unpaired) electrons. The first kappa shape index (κ1) is 12.7. The van der Waals surface area contributed by atoms with Crippen molar-refractivity contribution in [3.63, 3.8) is 0 Å². The van der Waals surface area contributed by atoms with Crippen LogP contribution in [0.1, 0.15) is 26.7 Å². The van der Waals surface area contributed by atoms with Crippen molar-refractivity contribution in [3.8, 4) is 0 Å². The topological polar surface area (TPSA) is 50.3 Å². The summed E-state index contributed by atoms with van der Waals surface area (Å²) >= 11 is 0. The lowest BCUT2D eigenvalue weighted by Crippen LogP contribution is -2.48. The Bertz CT molecular complexity index is 435. The van der Waals surface area contributed by atoms with Gasteiger partial charge in [-0.15, -0.1) is 0 Å². The molecule has 1 aromatic heterocycles. The Hall–Kier alpha value is -1.36. The van der Waals surface area contributed by atoms with Gasteiger partial charge in [0.2, 0.25) is 0 Å². The lowest BCUT2D eigenvalue weighted by Gasteiger charge is -2.38. The molecule has 2 fully saturated rings. The van der Waals surface area contributed by atoms with E-state index in [1.165, 1.54) is 12.8 Å². The van der Waals surface area contributed by atoms with Crippen LogP contribution in [-0.4, -0.2) is 41.8 Å². The number of nitrogens with zero attached hydrogens (tertiary/aromatic N) is 3. The predicted molar refractivity (Wildman–Crippen MR) is 75.5 cm³/mol. The lowest BCUT2D eigenvalue weighted by atomic mass is 10.1. The molecule has 0 amide bonds. The zero-order valence-electron chi connectivity index (χ0n) is 11.7. The maximum Gasteiger partial charge on any atom is 0.171 e. The minimum absolute atomic E-state index is 0.260. The van der Waals surface area contributed by atoms with E-state index in [4.69, 9.17) is 4.74 Å². The van der Waals surface area contributed by atoms with Crippen molar-refractivity contribution in [1.82, 2.24) is 9.97 Å². The van der Waals surface area contributed by atoms with Crippen LogP contribution in [-0.2, 0) is 4.74 Å².